The van der Waals surface area contributed by atoms with Crippen LogP contribution in [0.15, 0.2) is 0 Å². The van der Waals surface area contributed by atoms with E-state index in [1.54, 1.807) is 0 Å². The summed E-state index contributed by atoms with van der Waals surface area (Å²) in [5.74, 6) is 0.153. The smallest absolute Gasteiger partial charge is 0.236 e. The maximum absolute atomic E-state index is 11.9. The molecule has 2 fully saturated rings. The Morgan fingerprint density at radius 1 is 1.39 bits per heavy atom. The maximum Gasteiger partial charge on any atom is 0.236 e. The van der Waals surface area contributed by atoms with E-state index in [0.29, 0.717) is 12.1 Å². The SMILES string of the molecule is CCCCNC(=O)C(C)NC1CCN2CCCC12. The van der Waals surface area contributed by atoms with Gasteiger partial charge in [0, 0.05) is 25.2 Å². The Balaban J connectivity index is 1.73. The molecule has 104 valence electrons. The van der Waals surface area contributed by atoms with Crippen molar-refractivity contribution in [1.82, 2.24) is 15.5 Å². The zero-order valence-electron chi connectivity index (χ0n) is 11.7. The normalized spacial score (nSPS) is 29.2. The van der Waals surface area contributed by atoms with Crippen LogP contribution in [0.1, 0.15) is 46.0 Å². The number of carbonyl (C=O) groups excluding carboxylic acids is 1. The first-order valence-electron chi connectivity index (χ1n) is 7.50. The predicted octanol–water partition coefficient (Wildman–Crippen LogP) is 1.12. The van der Waals surface area contributed by atoms with Crippen molar-refractivity contribution in [2.45, 2.75) is 64.1 Å². The van der Waals surface area contributed by atoms with Crippen LogP contribution >= 0.6 is 0 Å². The highest BCUT2D eigenvalue weighted by molar-refractivity contribution is 5.81. The molecule has 3 unspecified atom stereocenters. The van der Waals surface area contributed by atoms with Crippen LogP contribution in [0.25, 0.3) is 0 Å². The van der Waals surface area contributed by atoms with E-state index in [1.807, 2.05) is 6.92 Å². The van der Waals surface area contributed by atoms with Crippen LogP contribution < -0.4 is 10.6 Å². The molecule has 0 bridgehead atoms. The third-order valence-electron chi connectivity index (χ3n) is 4.29. The molecule has 2 aliphatic heterocycles. The Kier molecular flexibility index (Phi) is 5.01. The highest BCUT2D eigenvalue weighted by Crippen LogP contribution is 2.28. The van der Waals surface area contributed by atoms with E-state index in [1.165, 1.54) is 32.4 Å². The van der Waals surface area contributed by atoms with Crippen LogP contribution in [0.3, 0.4) is 0 Å². The summed E-state index contributed by atoms with van der Waals surface area (Å²) in [7, 11) is 0. The van der Waals surface area contributed by atoms with Gasteiger partial charge in [-0.05, 0) is 39.2 Å². The molecule has 0 spiro atoms. The molecule has 0 aromatic heterocycles. The second kappa shape index (κ2) is 6.53. The number of nitrogens with zero attached hydrogens (tertiary/aromatic N) is 1. The van der Waals surface area contributed by atoms with Gasteiger partial charge in [0.05, 0.1) is 6.04 Å². The van der Waals surface area contributed by atoms with Gasteiger partial charge in [0.2, 0.25) is 5.91 Å². The summed E-state index contributed by atoms with van der Waals surface area (Å²) in [4.78, 5) is 14.5. The second-order valence-corrected chi connectivity index (χ2v) is 5.67. The molecule has 2 N–H and O–H groups in total. The fourth-order valence-electron chi connectivity index (χ4n) is 3.22. The topological polar surface area (TPSA) is 44.4 Å². The van der Waals surface area contributed by atoms with Gasteiger partial charge < -0.3 is 10.6 Å². The molecule has 0 aliphatic carbocycles. The maximum atomic E-state index is 11.9. The van der Waals surface area contributed by atoms with Crippen molar-refractivity contribution >= 4 is 5.91 Å². The van der Waals surface area contributed by atoms with Crippen molar-refractivity contribution in [2.75, 3.05) is 19.6 Å². The minimum atomic E-state index is -0.0626. The fraction of sp³-hybridized carbons (Fsp3) is 0.929. The minimum Gasteiger partial charge on any atom is -0.355 e. The number of rotatable bonds is 6. The summed E-state index contributed by atoms with van der Waals surface area (Å²) in [5, 5.41) is 6.53. The van der Waals surface area contributed by atoms with Gasteiger partial charge in [0.25, 0.3) is 0 Å². The number of hydrogen-bond acceptors (Lipinski definition) is 3. The molecular weight excluding hydrogens is 226 g/mol. The average molecular weight is 253 g/mol. The van der Waals surface area contributed by atoms with Crippen molar-refractivity contribution in [1.29, 1.82) is 0 Å². The first-order chi connectivity index (χ1) is 8.72. The van der Waals surface area contributed by atoms with Crippen LogP contribution in [0, 0.1) is 0 Å². The van der Waals surface area contributed by atoms with E-state index in [-0.39, 0.29) is 11.9 Å². The van der Waals surface area contributed by atoms with Gasteiger partial charge in [-0.25, -0.2) is 0 Å². The lowest BCUT2D eigenvalue weighted by Gasteiger charge is -2.24. The molecule has 18 heavy (non-hydrogen) atoms. The third kappa shape index (κ3) is 3.23. The highest BCUT2D eigenvalue weighted by atomic mass is 16.2. The van der Waals surface area contributed by atoms with Crippen LogP contribution in [-0.2, 0) is 4.79 Å². The van der Waals surface area contributed by atoms with Crippen LogP contribution in [0.5, 0.6) is 0 Å². The lowest BCUT2D eigenvalue weighted by molar-refractivity contribution is -0.123. The van der Waals surface area contributed by atoms with Gasteiger partial charge >= 0.3 is 0 Å². The number of unbranched alkanes of at least 4 members (excludes halogenated alkanes) is 1. The quantitative estimate of drug-likeness (QED) is 0.697. The van der Waals surface area contributed by atoms with Gasteiger partial charge in [-0.15, -0.1) is 0 Å². The molecule has 3 atom stereocenters. The summed E-state index contributed by atoms with van der Waals surface area (Å²) in [5.41, 5.74) is 0. The molecule has 4 heteroatoms. The Morgan fingerprint density at radius 2 is 2.22 bits per heavy atom. The number of amides is 1. The van der Waals surface area contributed by atoms with E-state index in [9.17, 15) is 4.79 Å². The summed E-state index contributed by atoms with van der Waals surface area (Å²) in [6, 6.07) is 1.13. The second-order valence-electron chi connectivity index (χ2n) is 5.67. The zero-order valence-corrected chi connectivity index (χ0v) is 11.7. The molecule has 0 saturated carbocycles. The summed E-state index contributed by atoms with van der Waals surface area (Å²) >= 11 is 0. The van der Waals surface area contributed by atoms with Crippen LogP contribution in [-0.4, -0.2) is 48.6 Å². The van der Waals surface area contributed by atoms with Gasteiger partial charge in [-0.3, -0.25) is 9.69 Å². The van der Waals surface area contributed by atoms with Crippen molar-refractivity contribution < 1.29 is 4.79 Å². The standard InChI is InChI=1S/C14H27N3O/c1-3-4-8-15-14(18)11(2)16-12-7-10-17-9-5-6-13(12)17/h11-13,16H,3-10H2,1-2H3,(H,15,18). The summed E-state index contributed by atoms with van der Waals surface area (Å²) in [6.45, 7) is 7.38. The molecular formula is C14H27N3O. The Hall–Kier alpha value is -0.610. The van der Waals surface area contributed by atoms with Gasteiger partial charge in [0.15, 0.2) is 0 Å². The van der Waals surface area contributed by atoms with Gasteiger partial charge in [0.1, 0.15) is 0 Å². The number of carbonyl (C=O) groups is 1. The Morgan fingerprint density at radius 3 is 3.00 bits per heavy atom. The number of nitrogens with one attached hydrogen (secondary N) is 2. The van der Waals surface area contributed by atoms with E-state index in [0.717, 1.165) is 19.4 Å². The summed E-state index contributed by atoms with van der Waals surface area (Å²) < 4.78 is 0. The third-order valence-corrected chi connectivity index (χ3v) is 4.29. The number of hydrogen-bond donors (Lipinski definition) is 2. The molecule has 2 saturated heterocycles. The van der Waals surface area contributed by atoms with Gasteiger partial charge in [-0.2, -0.15) is 0 Å². The fourth-order valence-corrected chi connectivity index (χ4v) is 3.22. The molecule has 2 heterocycles. The molecule has 4 nitrogen and oxygen atoms in total. The Labute approximate surface area is 110 Å². The van der Waals surface area contributed by atoms with Crippen LogP contribution in [0.2, 0.25) is 0 Å². The molecule has 1 amide bonds. The zero-order chi connectivity index (χ0) is 13.0. The molecule has 0 aromatic carbocycles. The average Bonchev–Trinajstić information content (AvgIpc) is 2.94. The lowest BCUT2D eigenvalue weighted by Crippen LogP contribution is -2.50. The van der Waals surface area contributed by atoms with Crippen molar-refractivity contribution in [3.63, 3.8) is 0 Å². The predicted molar refractivity (Wildman–Crippen MR) is 73.5 cm³/mol. The molecule has 2 rings (SSSR count). The van der Waals surface area contributed by atoms with E-state index in [4.69, 9.17) is 0 Å². The monoisotopic (exact) mass is 253 g/mol. The Bertz CT molecular complexity index is 282. The van der Waals surface area contributed by atoms with E-state index >= 15 is 0 Å². The summed E-state index contributed by atoms with van der Waals surface area (Å²) in [6.07, 6.45) is 6.00. The van der Waals surface area contributed by atoms with Crippen molar-refractivity contribution in [3.05, 3.63) is 0 Å². The molecule has 2 aliphatic rings. The first kappa shape index (κ1) is 13.8. The van der Waals surface area contributed by atoms with Gasteiger partial charge in [-0.1, -0.05) is 13.3 Å². The van der Waals surface area contributed by atoms with Crippen LogP contribution in [0.4, 0.5) is 0 Å². The van der Waals surface area contributed by atoms with E-state index in [2.05, 4.69) is 22.5 Å². The number of fused-ring (bicyclic) bond motifs is 1. The highest BCUT2D eigenvalue weighted by Gasteiger charge is 2.37. The molecule has 0 aromatic rings. The van der Waals surface area contributed by atoms with Crippen molar-refractivity contribution in [2.24, 2.45) is 0 Å². The largest absolute Gasteiger partial charge is 0.355 e. The minimum absolute atomic E-state index is 0.0626. The first-order valence-corrected chi connectivity index (χ1v) is 7.50. The molecule has 0 radical (unpaired) electrons. The van der Waals surface area contributed by atoms with E-state index < -0.39 is 0 Å². The van der Waals surface area contributed by atoms with Crippen molar-refractivity contribution in [3.8, 4) is 0 Å². The lowest BCUT2D eigenvalue weighted by atomic mass is 10.1.